The standard InChI is InChI=1S/C15H14N4O3/c20-19(21)15-14(17-13-8-4-5-10-18(13)15)16-9-11-22-12-6-2-1-3-7-12/h1-8,10,16H,9,11H2. The second-order valence-corrected chi connectivity index (χ2v) is 4.56. The van der Waals surface area contributed by atoms with Crippen molar-refractivity contribution in [3.63, 3.8) is 0 Å². The molecule has 0 atom stereocenters. The van der Waals surface area contributed by atoms with E-state index in [2.05, 4.69) is 10.3 Å². The fourth-order valence-electron chi connectivity index (χ4n) is 2.13. The first-order valence-electron chi connectivity index (χ1n) is 6.79. The molecule has 0 unspecified atom stereocenters. The molecule has 1 N–H and O–H groups in total. The predicted octanol–water partition coefficient (Wildman–Crippen LogP) is 2.73. The Morgan fingerprint density at radius 1 is 1.18 bits per heavy atom. The molecule has 22 heavy (non-hydrogen) atoms. The molecule has 0 aliphatic rings. The molecule has 2 aromatic heterocycles. The van der Waals surface area contributed by atoms with E-state index in [1.807, 2.05) is 30.3 Å². The van der Waals surface area contributed by atoms with Crippen LogP contribution >= 0.6 is 0 Å². The third kappa shape index (κ3) is 2.83. The van der Waals surface area contributed by atoms with E-state index in [0.717, 1.165) is 5.75 Å². The molecule has 0 aliphatic heterocycles. The highest BCUT2D eigenvalue weighted by Crippen LogP contribution is 2.24. The van der Waals surface area contributed by atoms with E-state index >= 15 is 0 Å². The summed E-state index contributed by atoms with van der Waals surface area (Å²) in [5.74, 6) is 0.928. The van der Waals surface area contributed by atoms with Crippen molar-refractivity contribution < 1.29 is 9.66 Å². The van der Waals surface area contributed by atoms with E-state index in [9.17, 15) is 10.1 Å². The number of hydrogen-bond acceptors (Lipinski definition) is 5. The number of rotatable bonds is 6. The number of nitrogens with zero attached hydrogens (tertiary/aromatic N) is 3. The maximum absolute atomic E-state index is 11.2. The van der Waals surface area contributed by atoms with Crippen LogP contribution in [0.15, 0.2) is 54.7 Å². The number of nitro groups is 1. The third-order valence-electron chi connectivity index (χ3n) is 3.08. The smallest absolute Gasteiger partial charge is 0.372 e. The first-order chi connectivity index (χ1) is 10.8. The van der Waals surface area contributed by atoms with Crippen LogP contribution in [-0.4, -0.2) is 27.5 Å². The number of anilines is 1. The zero-order valence-electron chi connectivity index (χ0n) is 11.7. The van der Waals surface area contributed by atoms with E-state index in [-0.39, 0.29) is 11.6 Å². The number of fused-ring (bicyclic) bond motifs is 1. The summed E-state index contributed by atoms with van der Waals surface area (Å²) in [6.45, 7) is 0.800. The number of benzene rings is 1. The molecule has 0 saturated heterocycles. The molecule has 0 saturated carbocycles. The topological polar surface area (TPSA) is 81.7 Å². The number of ether oxygens (including phenoxy) is 1. The quantitative estimate of drug-likeness (QED) is 0.430. The lowest BCUT2D eigenvalue weighted by molar-refractivity contribution is -0.389. The summed E-state index contributed by atoms with van der Waals surface area (Å²) < 4.78 is 6.98. The largest absolute Gasteiger partial charge is 0.492 e. The summed E-state index contributed by atoms with van der Waals surface area (Å²) in [4.78, 5) is 15.0. The fourth-order valence-corrected chi connectivity index (χ4v) is 2.13. The Labute approximate surface area is 126 Å². The van der Waals surface area contributed by atoms with Crippen LogP contribution in [0.3, 0.4) is 0 Å². The first kappa shape index (κ1) is 13.9. The van der Waals surface area contributed by atoms with Crippen LogP contribution in [0.25, 0.3) is 5.65 Å². The van der Waals surface area contributed by atoms with Gasteiger partial charge in [0.15, 0.2) is 0 Å². The van der Waals surface area contributed by atoms with E-state index in [1.54, 1.807) is 24.4 Å². The second kappa shape index (κ2) is 6.13. The molecule has 7 nitrogen and oxygen atoms in total. The molecule has 0 aliphatic carbocycles. The highest BCUT2D eigenvalue weighted by molar-refractivity contribution is 5.62. The van der Waals surface area contributed by atoms with Gasteiger partial charge >= 0.3 is 5.82 Å². The second-order valence-electron chi connectivity index (χ2n) is 4.56. The van der Waals surface area contributed by atoms with Crippen molar-refractivity contribution in [1.82, 2.24) is 9.38 Å². The monoisotopic (exact) mass is 298 g/mol. The Bertz CT molecular complexity index is 786. The minimum absolute atomic E-state index is 0.0738. The Hall–Kier alpha value is -3.09. The van der Waals surface area contributed by atoms with Crippen LogP contribution in [-0.2, 0) is 0 Å². The number of hydrogen-bond donors (Lipinski definition) is 1. The normalized spacial score (nSPS) is 10.5. The molecular formula is C15H14N4O3. The van der Waals surface area contributed by atoms with Gasteiger partial charge in [-0.25, -0.2) is 0 Å². The zero-order chi connectivity index (χ0) is 15.4. The van der Waals surface area contributed by atoms with Crippen LogP contribution in [0.2, 0.25) is 0 Å². The zero-order valence-corrected chi connectivity index (χ0v) is 11.7. The Morgan fingerprint density at radius 3 is 2.73 bits per heavy atom. The van der Waals surface area contributed by atoms with Crippen LogP contribution in [0, 0.1) is 10.1 Å². The number of imidazole rings is 1. The summed E-state index contributed by atoms with van der Waals surface area (Å²) in [5.41, 5.74) is 0.528. The minimum atomic E-state index is -0.444. The van der Waals surface area contributed by atoms with Crippen molar-refractivity contribution in [1.29, 1.82) is 0 Å². The average Bonchev–Trinajstić information content (AvgIpc) is 2.91. The lowest BCUT2D eigenvalue weighted by Crippen LogP contribution is -2.12. The van der Waals surface area contributed by atoms with Gasteiger partial charge in [-0.15, -0.1) is 0 Å². The van der Waals surface area contributed by atoms with Gasteiger partial charge in [-0.2, -0.15) is 9.38 Å². The summed E-state index contributed by atoms with van der Waals surface area (Å²) in [6.07, 6.45) is 1.62. The van der Waals surface area contributed by atoms with Gasteiger partial charge in [-0.3, -0.25) is 0 Å². The molecule has 7 heteroatoms. The lowest BCUT2D eigenvalue weighted by atomic mass is 10.3. The van der Waals surface area contributed by atoms with Crippen molar-refractivity contribution >= 4 is 17.3 Å². The van der Waals surface area contributed by atoms with Gasteiger partial charge in [-0.1, -0.05) is 24.3 Å². The number of nitrogens with one attached hydrogen (secondary N) is 1. The van der Waals surface area contributed by atoms with E-state index < -0.39 is 4.92 Å². The summed E-state index contributed by atoms with van der Waals surface area (Å²) in [6, 6.07) is 14.6. The van der Waals surface area contributed by atoms with Crippen LogP contribution < -0.4 is 10.1 Å². The van der Waals surface area contributed by atoms with Crippen molar-refractivity contribution in [3.05, 3.63) is 64.8 Å². The molecule has 0 bridgehead atoms. The van der Waals surface area contributed by atoms with Crippen molar-refractivity contribution in [2.24, 2.45) is 0 Å². The molecule has 0 fully saturated rings. The third-order valence-corrected chi connectivity index (χ3v) is 3.08. The molecule has 3 rings (SSSR count). The van der Waals surface area contributed by atoms with E-state index in [4.69, 9.17) is 4.74 Å². The van der Waals surface area contributed by atoms with E-state index in [0.29, 0.717) is 18.8 Å². The molecular weight excluding hydrogens is 284 g/mol. The Balaban J connectivity index is 1.68. The van der Waals surface area contributed by atoms with Gasteiger partial charge in [-0.05, 0) is 23.1 Å². The molecule has 112 valence electrons. The molecule has 1 aromatic carbocycles. The fraction of sp³-hybridized carbons (Fsp3) is 0.133. The average molecular weight is 298 g/mol. The van der Waals surface area contributed by atoms with Gasteiger partial charge in [0.1, 0.15) is 12.4 Å². The molecule has 0 spiro atoms. The van der Waals surface area contributed by atoms with Crippen molar-refractivity contribution in [2.45, 2.75) is 0 Å². The van der Waals surface area contributed by atoms with Gasteiger partial charge in [0, 0.05) is 6.07 Å². The first-order valence-corrected chi connectivity index (χ1v) is 6.79. The van der Waals surface area contributed by atoms with Gasteiger partial charge in [0.05, 0.1) is 12.7 Å². The lowest BCUT2D eigenvalue weighted by Gasteiger charge is -2.06. The van der Waals surface area contributed by atoms with Crippen molar-refractivity contribution in [3.8, 4) is 5.75 Å². The summed E-state index contributed by atoms with van der Waals surface area (Å²) in [5, 5.41) is 14.2. The summed E-state index contributed by atoms with van der Waals surface area (Å²) in [7, 11) is 0. The van der Waals surface area contributed by atoms with E-state index in [1.165, 1.54) is 4.40 Å². The maximum Gasteiger partial charge on any atom is 0.372 e. The maximum atomic E-state index is 11.2. The molecule has 2 heterocycles. The van der Waals surface area contributed by atoms with Crippen LogP contribution in [0.5, 0.6) is 5.75 Å². The molecule has 3 aromatic rings. The minimum Gasteiger partial charge on any atom is -0.492 e. The molecule has 0 radical (unpaired) electrons. The Kier molecular flexibility index (Phi) is 3.86. The highest BCUT2D eigenvalue weighted by Gasteiger charge is 2.21. The SMILES string of the molecule is O=[N+]([O-])c1c(NCCOc2ccccc2)nc2ccccn12. The Morgan fingerprint density at radius 2 is 1.95 bits per heavy atom. The van der Waals surface area contributed by atoms with Gasteiger partial charge in [0.2, 0.25) is 11.5 Å². The predicted molar refractivity (Wildman–Crippen MR) is 82.3 cm³/mol. The highest BCUT2D eigenvalue weighted by atomic mass is 16.6. The molecule has 0 amide bonds. The number of para-hydroxylation sites is 1. The summed E-state index contributed by atoms with van der Waals surface area (Å²) >= 11 is 0. The van der Waals surface area contributed by atoms with Crippen molar-refractivity contribution in [2.75, 3.05) is 18.5 Å². The van der Waals surface area contributed by atoms with Crippen LogP contribution in [0.1, 0.15) is 0 Å². The van der Waals surface area contributed by atoms with Crippen LogP contribution in [0.4, 0.5) is 11.6 Å². The number of pyridine rings is 1. The van der Waals surface area contributed by atoms with Gasteiger partial charge in [0.25, 0.3) is 0 Å². The van der Waals surface area contributed by atoms with Gasteiger partial charge < -0.3 is 20.2 Å². The number of aromatic nitrogens is 2.